The van der Waals surface area contributed by atoms with E-state index in [1.54, 1.807) is 37.4 Å². The lowest BCUT2D eigenvalue weighted by Crippen LogP contribution is -2.38. The number of benzene rings is 2. The molecule has 2 N–H and O–H groups in total. The number of anilines is 1. The van der Waals surface area contributed by atoms with Crippen LogP contribution in [0.15, 0.2) is 48.5 Å². The van der Waals surface area contributed by atoms with E-state index in [1.807, 2.05) is 24.3 Å². The lowest BCUT2D eigenvalue weighted by molar-refractivity contribution is -0.126. The number of carbonyl (C=O) groups excluding carboxylic acids is 2. The van der Waals surface area contributed by atoms with Crippen LogP contribution in [0, 0.1) is 11.3 Å². The molecule has 0 saturated carbocycles. The van der Waals surface area contributed by atoms with Crippen molar-refractivity contribution in [1.82, 2.24) is 5.32 Å². The standard InChI is InChI=1S/C21H25N3O3Si/c1-27-17-9-5-15(6-10-17)20(24-19(25)13-14-22)21(26)23-16-7-11-18(12-8-16)28(2,3)4/h5-12,20H,13H2,1-4H3,(H,23,26)(H,24,25). The van der Waals surface area contributed by atoms with Crippen LogP contribution in [-0.4, -0.2) is 27.0 Å². The van der Waals surface area contributed by atoms with E-state index in [9.17, 15) is 9.59 Å². The molecule has 0 aromatic heterocycles. The third kappa shape index (κ3) is 5.69. The molecule has 0 aliphatic carbocycles. The van der Waals surface area contributed by atoms with Gasteiger partial charge in [-0.25, -0.2) is 0 Å². The largest absolute Gasteiger partial charge is 0.497 e. The molecule has 1 unspecified atom stereocenters. The van der Waals surface area contributed by atoms with E-state index < -0.39 is 20.0 Å². The highest BCUT2D eigenvalue weighted by molar-refractivity contribution is 6.88. The average molecular weight is 396 g/mol. The monoisotopic (exact) mass is 395 g/mol. The summed E-state index contributed by atoms with van der Waals surface area (Å²) in [6.45, 7) is 6.76. The molecule has 0 aliphatic heterocycles. The van der Waals surface area contributed by atoms with Gasteiger partial charge in [0.2, 0.25) is 5.91 Å². The molecular weight excluding hydrogens is 370 g/mol. The first-order valence-electron chi connectivity index (χ1n) is 8.96. The van der Waals surface area contributed by atoms with E-state index in [-0.39, 0.29) is 12.3 Å². The van der Waals surface area contributed by atoms with Gasteiger partial charge in [-0.2, -0.15) is 5.26 Å². The summed E-state index contributed by atoms with van der Waals surface area (Å²) in [5, 5.41) is 15.5. The molecule has 2 amide bonds. The maximum atomic E-state index is 12.9. The fourth-order valence-corrected chi connectivity index (χ4v) is 3.82. The van der Waals surface area contributed by atoms with Crippen LogP contribution in [0.3, 0.4) is 0 Å². The van der Waals surface area contributed by atoms with Crippen molar-refractivity contribution in [2.45, 2.75) is 32.1 Å². The van der Waals surface area contributed by atoms with Gasteiger partial charge in [-0.3, -0.25) is 9.59 Å². The van der Waals surface area contributed by atoms with E-state index in [0.29, 0.717) is 17.0 Å². The second-order valence-corrected chi connectivity index (χ2v) is 12.5. The van der Waals surface area contributed by atoms with Crippen LogP contribution in [0.2, 0.25) is 19.6 Å². The van der Waals surface area contributed by atoms with Gasteiger partial charge in [0, 0.05) is 5.69 Å². The molecule has 0 bridgehead atoms. The number of hydrogen-bond donors (Lipinski definition) is 2. The maximum Gasteiger partial charge on any atom is 0.251 e. The third-order valence-corrected chi connectivity index (χ3v) is 6.34. The Morgan fingerprint density at radius 3 is 2.18 bits per heavy atom. The van der Waals surface area contributed by atoms with Crippen molar-refractivity contribution in [1.29, 1.82) is 5.26 Å². The minimum absolute atomic E-state index is 0.315. The molecule has 2 aromatic carbocycles. The predicted molar refractivity (Wildman–Crippen MR) is 112 cm³/mol. The second-order valence-electron chi connectivity index (χ2n) is 7.43. The summed E-state index contributed by atoms with van der Waals surface area (Å²) in [4.78, 5) is 24.8. The number of hydrogen-bond acceptors (Lipinski definition) is 4. The molecule has 2 rings (SSSR count). The zero-order valence-corrected chi connectivity index (χ0v) is 17.6. The van der Waals surface area contributed by atoms with Crippen molar-refractivity contribution in [2.24, 2.45) is 0 Å². The fourth-order valence-electron chi connectivity index (χ4n) is 2.65. The Hall–Kier alpha value is -3.11. The van der Waals surface area contributed by atoms with Crippen molar-refractivity contribution in [3.8, 4) is 11.8 Å². The first kappa shape index (κ1) is 21.2. The number of nitrogens with zero attached hydrogens (tertiary/aromatic N) is 1. The molecule has 0 spiro atoms. The van der Waals surface area contributed by atoms with Crippen LogP contribution in [0.1, 0.15) is 18.0 Å². The highest BCUT2D eigenvalue weighted by atomic mass is 28.3. The molecule has 28 heavy (non-hydrogen) atoms. The van der Waals surface area contributed by atoms with Gasteiger partial charge in [-0.1, -0.05) is 49.1 Å². The summed E-state index contributed by atoms with van der Waals surface area (Å²) in [5.74, 6) is -0.238. The van der Waals surface area contributed by atoms with Gasteiger partial charge in [0.05, 0.1) is 21.3 Å². The number of methoxy groups -OCH3 is 1. The van der Waals surface area contributed by atoms with Gasteiger partial charge in [0.25, 0.3) is 5.91 Å². The van der Waals surface area contributed by atoms with Crippen LogP contribution in [-0.2, 0) is 9.59 Å². The number of amides is 2. The minimum atomic E-state index is -1.42. The second kappa shape index (κ2) is 9.20. The topological polar surface area (TPSA) is 91.2 Å². The fraction of sp³-hybridized carbons (Fsp3) is 0.286. The lowest BCUT2D eigenvalue weighted by Gasteiger charge is -2.20. The van der Waals surface area contributed by atoms with Gasteiger partial charge in [0.15, 0.2) is 0 Å². The molecule has 0 aliphatic rings. The molecule has 2 aromatic rings. The Balaban J connectivity index is 2.22. The molecular formula is C21H25N3O3Si. The van der Waals surface area contributed by atoms with Crippen LogP contribution in [0.5, 0.6) is 5.75 Å². The van der Waals surface area contributed by atoms with E-state index >= 15 is 0 Å². The van der Waals surface area contributed by atoms with Gasteiger partial charge in [-0.15, -0.1) is 0 Å². The van der Waals surface area contributed by atoms with Crippen LogP contribution in [0.25, 0.3) is 0 Å². The Labute approximate surface area is 166 Å². The molecule has 0 heterocycles. The first-order valence-corrected chi connectivity index (χ1v) is 12.5. The minimum Gasteiger partial charge on any atom is -0.497 e. The zero-order valence-electron chi connectivity index (χ0n) is 16.6. The van der Waals surface area contributed by atoms with Gasteiger partial charge < -0.3 is 15.4 Å². The summed E-state index contributed by atoms with van der Waals surface area (Å²) >= 11 is 0. The predicted octanol–water partition coefficient (Wildman–Crippen LogP) is 2.95. The Bertz CT molecular complexity index is 866. The molecule has 0 radical (unpaired) electrons. The quantitative estimate of drug-likeness (QED) is 0.705. The molecule has 0 fully saturated rings. The highest BCUT2D eigenvalue weighted by Crippen LogP contribution is 2.20. The summed E-state index contributed by atoms with van der Waals surface area (Å²) in [7, 11) is 0.131. The lowest BCUT2D eigenvalue weighted by atomic mass is 10.1. The number of nitriles is 1. The summed E-state index contributed by atoms with van der Waals surface area (Å²) in [5.41, 5.74) is 1.25. The van der Waals surface area contributed by atoms with Crippen LogP contribution >= 0.6 is 0 Å². The highest BCUT2D eigenvalue weighted by Gasteiger charge is 2.23. The van der Waals surface area contributed by atoms with Crippen molar-refractivity contribution >= 4 is 30.8 Å². The average Bonchev–Trinajstić information content (AvgIpc) is 2.66. The van der Waals surface area contributed by atoms with Crippen LogP contribution in [0.4, 0.5) is 5.69 Å². The van der Waals surface area contributed by atoms with Crippen molar-refractivity contribution < 1.29 is 14.3 Å². The van der Waals surface area contributed by atoms with E-state index in [0.717, 1.165) is 0 Å². The third-order valence-electron chi connectivity index (χ3n) is 4.27. The molecule has 6 nitrogen and oxygen atoms in total. The summed E-state index contributed by atoms with van der Waals surface area (Å²) in [6, 6.07) is 15.5. The Kier molecular flexibility index (Phi) is 6.96. The number of rotatable bonds is 7. The molecule has 146 valence electrons. The molecule has 0 saturated heterocycles. The Morgan fingerprint density at radius 1 is 1.07 bits per heavy atom. The molecule has 7 heteroatoms. The van der Waals surface area contributed by atoms with Gasteiger partial charge >= 0.3 is 0 Å². The van der Waals surface area contributed by atoms with Crippen molar-refractivity contribution in [3.63, 3.8) is 0 Å². The smallest absolute Gasteiger partial charge is 0.251 e. The van der Waals surface area contributed by atoms with E-state index in [4.69, 9.17) is 10.00 Å². The zero-order chi connectivity index (χ0) is 20.7. The number of ether oxygens (including phenoxy) is 1. The normalized spacial score (nSPS) is 11.8. The van der Waals surface area contributed by atoms with Crippen molar-refractivity contribution in [2.75, 3.05) is 12.4 Å². The van der Waals surface area contributed by atoms with E-state index in [1.165, 1.54) is 5.19 Å². The maximum absolute atomic E-state index is 12.9. The molecule has 1 atom stereocenters. The SMILES string of the molecule is COc1ccc(C(NC(=O)CC#N)C(=O)Nc2ccc([Si](C)(C)C)cc2)cc1. The first-order chi connectivity index (χ1) is 13.2. The number of nitrogens with one attached hydrogen (secondary N) is 2. The number of carbonyl (C=O) groups is 2. The van der Waals surface area contributed by atoms with Crippen LogP contribution < -0.4 is 20.6 Å². The summed E-state index contributed by atoms with van der Waals surface area (Å²) in [6.07, 6.45) is -0.315. The Morgan fingerprint density at radius 2 is 1.68 bits per heavy atom. The van der Waals surface area contributed by atoms with E-state index in [2.05, 4.69) is 30.3 Å². The van der Waals surface area contributed by atoms with Gasteiger partial charge in [-0.05, 0) is 29.8 Å². The summed E-state index contributed by atoms with van der Waals surface area (Å²) < 4.78 is 5.14. The van der Waals surface area contributed by atoms with Gasteiger partial charge in [0.1, 0.15) is 18.2 Å². The van der Waals surface area contributed by atoms with Crippen molar-refractivity contribution in [3.05, 3.63) is 54.1 Å².